The van der Waals surface area contributed by atoms with Crippen molar-refractivity contribution in [3.63, 3.8) is 0 Å². The van der Waals surface area contributed by atoms with Gasteiger partial charge >= 0.3 is 18.2 Å². The number of oxazole rings is 1. The van der Waals surface area contributed by atoms with Crippen LogP contribution >= 0.6 is 0 Å². The Morgan fingerprint density at radius 1 is 1.23 bits per heavy atom. The fourth-order valence-electron chi connectivity index (χ4n) is 3.62. The fourth-order valence-corrected chi connectivity index (χ4v) is 3.62. The molecule has 31 heavy (non-hydrogen) atoms. The van der Waals surface area contributed by atoms with E-state index in [9.17, 15) is 18.0 Å². The van der Waals surface area contributed by atoms with Gasteiger partial charge in [0.05, 0.1) is 5.69 Å². The van der Waals surface area contributed by atoms with Crippen molar-refractivity contribution in [3.05, 3.63) is 35.7 Å². The molecule has 1 aromatic carbocycles. The van der Waals surface area contributed by atoms with E-state index < -0.39 is 12.1 Å². The SMILES string of the molecule is CC(C)c1c(C(=O)NC2CCCC2)oc2nc(Oc3ccccc3OC(F)(F)F)nn12. The Hall–Kier alpha value is -3.24. The van der Waals surface area contributed by atoms with E-state index in [1.54, 1.807) is 0 Å². The molecule has 11 heteroatoms. The largest absolute Gasteiger partial charge is 0.573 e. The average molecular weight is 438 g/mol. The third-order valence-electron chi connectivity index (χ3n) is 4.93. The van der Waals surface area contributed by atoms with E-state index in [4.69, 9.17) is 9.15 Å². The topological polar surface area (TPSA) is 90.9 Å². The number of halogens is 3. The molecule has 0 unspecified atom stereocenters. The van der Waals surface area contributed by atoms with Crippen LogP contribution in [0.25, 0.3) is 5.84 Å². The van der Waals surface area contributed by atoms with E-state index in [1.165, 1.54) is 22.7 Å². The van der Waals surface area contributed by atoms with Gasteiger partial charge in [-0.05, 0) is 30.9 Å². The zero-order valence-electron chi connectivity index (χ0n) is 16.9. The summed E-state index contributed by atoms with van der Waals surface area (Å²) < 4.78 is 54.2. The van der Waals surface area contributed by atoms with E-state index in [-0.39, 0.29) is 41.2 Å². The molecule has 0 saturated heterocycles. The van der Waals surface area contributed by atoms with Gasteiger partial charge in [0.25, 0.3) is 5.91 Å². The molecule has 2 heterocycles. The molecule has 0 aliphatic heterocycles. The van der Waals surface area contributed by atoms with Gasteiger partial charge in [0, 0.05) is 6.04 Å². The lowest BCUT2D eigenvalue weighted by atomic mass is 10.1. The Morgan fingerprint density at radius 2 is 1.90 bits per heavy atom. The van der Waals surface area contributed by atoms with Crippen LogP contribution in [0.2, 0.25) is 0 Å². The summed E-state index contributed by atoms with van der Waals surface area (Å²) in [5, 5.41) is 7.14. The number of ether oxygens (including phenoxy) is 2. The van der Waals surface area contributed by atoms with Crippen molar-refractivity contribution in [1.29, 1.82) is 0 Å². The van der Waals surface area contributed by atoms with Gasteiger partial charge in [0.1, 0.15) is 0 Å². The Labute approximate surface area is 175 Å². The first-order valence-corrected chi connectivity index (χ1v) is 9.94. The molecule has 3 aromatic rings. The smallest absolute Gasteiger partial charge is 0.419 e. The third-order valence-corrected chi connectivity index (χ3v) is 4.93. The number of nitrogens with zero attached hydrogens (tertiary/aromatic N) is 3. The van der Waals surface area contributed by atoms with Crippen molar-refractivity contribution in [3.8, 4) is 17.5 Å². The maximum absolute atomic E-state index is 12.7. The number of carbonyl (C=O) groups excluding carboxylic acids is 1. The van der Waals surface area contributed by atoms with Crippen LogP contribution in [0.5, 0.6) is 17.5 Å². The van der Waals surface area contributed by atoms with Crippen LogP contribution in [0.1, 0.15) is 61.7 Å². The van der Waals surface area contributed by atoms with Gasteiger partial charge in [0.15, 0.2) is 11.5 Å². The van der Waals surface area contributed by atoms with Crippen LogP contribution in [0.3, 0.4) is 0 Å². The highest BCUT2D eigenvalue weighted by Crippen LogP contribution is 2.34. The maximum atomic E-state index is 12.7. The van der Waals surface area contributed by atoms with Crippen molar-refractivity contribution < 1.29 is 31.9 Å². The summed E-state index contributed by atoms with van der Waals surface area (Å²) in [4.78, 5) is 16.8. The first-order valence-electron chi connectivity index (χ1n) is 9.94. The van der Waals surface area contributed by atoms with E-state index >= 15 is 0 Å². The molecule has 1 aliphatic rings. The Morgan fingerprint density at radius 3 is 2.55 bits per heavy atom. The molecule has 0 radical (unpaired) electrons. The monoisotopic (exact) mass is 438 g/mol. The zero-order chi connectivity index (χ0) is 22.2. The highest BCUT2D eigenvalue weighted by Gasteiger charge is 2.33. The summed E-state index contributed by atoms with van der Waals surface area (Å²) in [6.07, 6.45) is -0.871. The molecule has 1 N–H and O–H groups in total. The Balaban J connectivity index is 1.61. The van der Waals surface area contributed by atoms with E-state index in [0.29, 0.717) is 5.69 Å². The standard InChI is InChI=1S/C20H21F3N4O4/c1-11(2)15-16(17(28)24-12-7-3-4-8-12)30-19-25-18(26-27(15)19)29-13-9-5-6-10-14(13)31-20(21,22)23/h5-6,9-12H,3-4,7-8H2,1-2H3,(H,24,28). The van der Waals surface area contributed by atoms with Crippen molar-refractivity contribution in [2.75, 3.05) is 0 Å². The molecule has 1 amide bonds. The van der Waals surface area contributed by atoms with E-state index in [1.807, 2.05) is 13.8 Å². The second kappa shape index (κ2) is 8.12. The average Bonchev–Trinajstić information content (AvgIpc) is 3.37. The number of hydrogen-bond acceptors (Lipinski definition) is 6. The first kappa shape index (κ1) is 21.0. The predicted octanol–water partition coefficient (Wildman–Crippen LogP) is 4.81. The minimum Gasteiger partial charge on any atom is -0.419 e. The minimum atomic E-state index is -4.87. The zero-order valence-corrected chi connectivity index (χ0v) is 16.9. The summed E-state index contributed by atoms with van der Waals surface area (Å²) in [6, 6.07) is 5.17. The summed E-state index contributed by atoms with van der Waals surface area (Å²) in [5.74, 6) is -1.09. The second-order valence-electron chi connectivity index (χ2n) is 7.61. The van der Waals surface area contributed by atoms with Gasteiger partial charge < -0.3 is 19.2 Å². The predicted molar refractivity (Wildman–Crippen MR) is 102 cm³/mol. The normalized spacial score (nSPS) is 15.0. The molecule has 4 rings (SSSR count). The molecule has 1 aliphatic carbocycles. The Bertz CT molecular complexity index is 1080. The molecule has 0 bridgehead atoms. The first-order chi connectivity index (χ1) is 14.7. The maximum Gasteiger partial charge on any atom is 0.573 e. The summed E-state index contributed by atoms with van der Waals surface area (Å²) >= 11 is 0. The molecular formula is C20H21F3N4O4. The summed E-state index contributed by atoms with van der Waals surface area (Å²) in [7, 11) is 0. The quantitative estimate of drug-likeness (QED) is 0.594. The van der Waals surface area contributed by atoms with Crippen molar-refractivity contribution in [2.45, 2.75) is 57.9 Å². The van der Waals surface area contributed by atoms with Gasteiger partial charge in [-0.15, -0.1) is 23.3 Å². The number of para-hydroxylation sites is 2. The second-order valence-corrected chi connectivity index (χ2v) is 7.61. The number of rotatable bonds is 6. The highest BCUT2D eigenvalue weighted by molar-refractivity contribution is 5.93. The molecule has 1 saturated carbocycles. The molecule has 166 valence electrons. The van der Waals surface area contributed by atoms with E-state index in [0.717, 1.165) is 31.7 Å². The molecule has 0 atom stereocenters. The summed E-state index contributed by atoms with van der Waals surface area (Å²) in [5.41, 5.74) is 0.493. The van der Waals surface area contributed by atoms with Crippen LogP contribution < -0.4 is 14.8 Å². The number of nitrogens with one attached hydrogen (secondary N) is 1. The highest BCUT2D eigenvalue weighted by atomic mass is 19.4. The number of carbonyl (C=O) groups is 1. The lowest BCUT2D eigenvalue weighted by molar-refractivity contribution is -0.275. The van der Waals surface area contributed by atoms with Crippen molar-refractivity contribution in [2.24, 2.45) is 0 Å². The minimum absolute atomic E-state index is 0.00416. The van der Waals surface area contributed by atoms with Crippen LogP contribution in [0, 0.1) is 0 Å². The third kappa shape index (κ3) is 4.59. The number of amides is 1. The molecule has 1 fully saturated rings. The fraction of sp³-hybridized carbons (Fsp3) is 0.450. The molecule has 8 nitrogen and oxygen atoms in total. The van der Waals surface area contributed by atoms with Crippen molar-refractivity contribution >= 4 is 11.8 Å². The van der Waals surface area contributed by atoms with Gasteiger partial charge in [-0.2, -0.15) is 4.52 Å². The van der Waals surface area contributed by atoms with Crippen LogP contribution in [-0.2, 0) is 0 Å². The summed E-state index contributed by atoms with van der Waals surface area (Å²) in [6.45, 7) is 3.73. The van der Waals surface area contributed by atoms with Gasteiger partial charge in [-0.25, -0.2) is 0 Å². The number of aromatic nitrogens is 3. The number of hydrogen-bond donors (Lipinski definition) is 1. The molecule has 2 aromatic heterocycles. The molecule has 0 spiro atoms. The lowest BCUT2D eigenvalue weighted by Crippen LogP contribution is -2.33. The molecular weight excluding hydrogens is 417 g/mol. The number of benzene rings is 1. The van der Waals surface area contributed by atoms with Crippen LogP contribution in [0.15, 0.2) is 28.7 Å². The van der Waals surface area contributed by atoms with Gasteiger partial charge in [-0.1, -0.05) is 38.8 Å². The number of fused-ring (bicyclic) bond motifs is 1. The van der Waals surface area contributed by atoms with Crippen LogP contribution in [-0.4, -0.2) is 32.9 Å². The van der Waals surface area contributed by atoms with Crippen molar-refractivity contribution in [1.82, 2.24) is 19.9 Å². The lowest BCUT2D eigenvalue weighted by Gasteiger charge is -2.12. The van der Waals surface area contributed by atoms with Gasteiger partial charge in [0.2, 0.25) is 5.76 Å². The number of alkyl halides is 3. The van der Waals surface area contributed by atoms with E-state index in [2.05, 4.69) is 20.1 Å². The Kier molecular flexibility index (Phi) is 5.50. The van der Waals surface area contributed by atoms with Crippen LogP contribution in [0.4, 0.5) is 13.2 Å². The van der Waals surface area contributed by atoms with Gasteiger partial charge in [-0.3, -0.25) is 4.79 Å².